The highest BCUT2D eigenvalue weighted by molar-refractivity contribution is 7.89. The van der Waals surface area contributed by atoms with E-state index in [1.165, 1.54) is 29.5 Å². The summed E-state index contributed by atoms with van der Waals surface area (Å²) in [7, 11) is -3.69. The molecule has 0 saturated heterocycles. The van der Waals surface area contributed by atoms with Crippen LogP contribution >= 0.6 is 11.3 Å². The van der Waals surface area contributed by atoms with E-state index in [1.807, 2.05) is 6.92 Å². The van der Waals surface area contributed by atoms with Crippen LogP contribution in [0.25, 0.3) is 11.1 Å². The molecule has 3 rings (SSSR count). The lowest BCUT2D eigenvalue weighted by molar-refractivity contribution is 0.553. The first-order valence-electron chi connectivity index (χ1n) is 5.97. The fraction of sp³-hybridized carbons (Fsp3) is 0.167. The van der Waals surface area contributed by atoms with E-state index >= 15 is 0 Å². The smallest absolute Gasteiger partial charge is 0.408 e. The van der Waals surface area contributed by atoms with E-state index in [-0.39, 0.29) is 17.0 Å². The Labute approximate surface area is 123 Å². The van der Waals surface area contributed by atoms with Gasteiger partial charge in [-0.15, -0.1) is 11.3 Å². The van der Waals surface area contributed by atoms with Gasteiger partial charge in [-0.25, -0.2) is 22.9 Å². The van der Waals surface area contributed by atoms with Crippen molar-refractivity contribution in [3.05, 3.63) is 44.8 Å². The minimum Gasteiger partial charge on any atom is -0.408 e. The molecule has 0 saturated carbocycles. The molecule has 21 heavy (non-hydrogen) atoms. The molecule has 3 aromatic rings. The predicted octanol–water partition coefficient (Wildman–Crippen LogP) is 1.36. The number of hydrogen-bond acceptors (Lipinski definition) is 6. The molecule has 0 fully saturated rings. The second-order valence-electron chi connectivity index (χ2n) is 4.35. The number of rotatable bonds is 4. The standard InChI is InChI=1S/C12H11N3O4S2/c1-7-14-8(6-20-7)5-13-21(17,18)9-2-3-10-11(4-9)19-12(16)15-10/h2-4,6,13H,5H2,1H3,(H,15,16). The first-order chi connectivity index (χ1) is 9.94. The van der Waals surface area contributed by atoms with Gasteiger partial charge in [-0.2, -0.15) is 0 Å². The highest BCUT2D eigenvalue weighted by atomic mass is 32.2. The van der Waals surface area contributed by atoms with Gasteiger partial charge in [-0.3, -0.25) is 4.98 Å². The number of nitrogens with zero attached hydrogens (tertiary/aromatic N) is 1. The highest BCUT2D eigenvalue weighted by Crippen LogP contribution is 2.17. The second-order valence-corrected chi connectivity index (χ2v) is 7.18. The maximum Gasteiger partial charge on any atom is 0.417 e. The summed E-state index contributed by atoms with van der Waals surface area (Å²) in [5.74, 6) is -0.620. The van der Waals surface area contributed by atoms with Crippen molar-refractivity contribution in [1.29, 1.82) is 0 Å². The van der Waals surface area contributed by atoms with Crippen LogP contribution in [-0.4, -0.2) is 18.4 Å². The molecule has 0 unspecified atom stereocenters. The maximum absolute atomic E-state index is 12.2. The third-order valence-corrected chi connectivity index (χ3v) is 5.03. The van der Waals surface area contributed by atoms with Crippen LogP contribution in [0.15, 0.2) is 37.7 Å². The van der Waals surface area contributed by atoms with E-state index in [1.54, 1.807) is 5.38 Å². The molecule has 0 radical (unpaired) electrons. The van der Waals surface area contributed by atoms with Crippen molar-refractivity contribution >= 4 is 32.5 Å². The average Bonchev–Trinajstić information content (AvgIpc) is 3.00. The Morgan fingerprint density at radius 1 is 1.43 bits per heavy atom. The lowest BCUT2D eigenvalue weighted by atomic mass is 10.3. The Morgan fingerprint density at radius 3 is 2.95 bits per heavy atom. The fourth-order valence-corrected chi connectivity index (χ4v) is 3.46. The number of hydrogen-bond donors (Lipinski definition) is 2. The van der Waals surface area contributed by atoms with Gasteiger partial charge < -0.3 is 4.42 Å². The van der Waals surface area contributed by atoms with Crippen LogP contribution in [0.5, 0.6) is 0 Å². The summed E-state index contributed by atoms with van der Waals surface area (Å²) in [6.07, 6.45) is 0. The van der Waals surface area contributed by atoms with Crippen molar-refractivity contribution in [2.24, 2.45) is 0 Å². The van der Waals surface area contributed by atoms with Gasteiger partial charge in [-0.05, 0) is 19.1 Å². The number of nitrogens with one attached hydrogen (secondary N) is 2. The number of thiazole rings is 1. The van der Waals surface area contributed by atoms with Gasteiger partial charge in [-0.1, -0.05) is 0 Å². The van der Waals surface area contributed by atoms with Gasteiger partial charge >= 0.3 is 5.76 Å². The zero-order valence-corrected chi connectivity index (χ0v) is 12.5. The third-order valence-electron chi connectivity index (χ3n) is 2.81. The molecule has 0 spiro atoms. The van der Waals surface area contributed by atoms with Crippen LogP contribution in [-0.2, 0) is 16.6 Å². The maximum atomic E-state index is 12.2. The largest absolute Gasteiger partial charge is 0.417 e. The molecule has 0 aliphatic carbocycles. The first-order valence-corrected chi connectivity index (χ1v) is 8.34. The number of sulfonamides is 1. The quantitative estimate of drug-likeness (QED) is 0.753. The van der Waals surface area contributed by atoms with E-state index < -0.39 is 15.8 Å². The normalized spacial score (nSPS) is 12.0. The molecular weight excluding hydrogens is 314 g/mol. The topological polar surface area (TPSA) is 105 Å². The fourth-order valence-electron chi connectivity index (χ4n) is 1.83. The van der Waals surface area contributed by atoms with E-state index in [4.69, 9.17) is 4.42 Å². The number of H-pyrrole nitrogens is 1. The van der Waals surface area contributed by atoms with Crippen molar-refractivity contribution in [3.8, 4) is 0 Å². The van der Waals surface area contributed by atoms with Crippen molar-refractivity contribution in [2.45, 2.75) is 18.4 Å². The van der Waals surface area contributed by atoms with Gasteiger partial charge in [0.05, 0.1) is 27.7 Å². The number of aryl methyl sites for hydroxylation is 1. The number of aromatic amines is 1. The number of aromatic nitrogens is 2. The SMILES string of the molecule is Cc1nc(CNS(=O)(=O)c2ccc3[nH]c(=O)oc3c2)cs1. The monoisotopic (exact) mass is 325 g/mol. The molecule has 0 amide bonds. The average molecular weight is 325 g/mol. The molecular formula is C12H11N3O4S2. The van der Waals surface area contributed by atoms with Crippen molar-refractivity contribution in [1.82, 2.24) is 14.7 Å². The van der Waals surface area contributed by atoms with Gasteiger partial charge in [0.25, 0.3) is 0 Å². The molecule has 110 valence electrons. The van der Waals surface area contributed by atoms with Gasteiger partial charge in [0, 0.05) is 11.4 Å². The van der Waals surface area contributed by atoms with Crippen molar-refractivity contribution in [2.75, 3.05) is 0 Å². The molecule has 7 nitrogen and oxygen atoms in total. The van der Waals surface area contributed by atoms with Crippen LogP contribution < -0.4 is 10.5 Å². The molecule has 1 aromatic carbocycles. The number of fused-ring (bicyclic) bond motifs is 1. The number of benzene rings is 1. The summed E-state index contributed by atoms with van der Waals surface area (Å²) in [6.45, 7) is 1.96. The van der Waals surface area contributed by atoms with Crippen molar-refractivity contribution in [3.63, 3.8) is 0 Å². The Kier molecular flexibility index (Phi) is 3.40. The summed E-state index contributed by atoms with van der Waals surface area (Å²) >= 11 is 1.46. The third kappa shape index (κ3) is 2.89. The Morgan fingerprint density at radius 2 is 2.24 bits per heavy atom. The van der Waals surface area contributed by atoms with E-state index in [0.29, 0.717) is 11.2 Å². The number of oxazole rings is 1. The minimum atomic E-state index is -3.69. The molecule has 2 aromatic heterocycles. The van der Waals surface area contributed by atoms with Crippen LogP contribution in [0.2, 0.25) is 0 Å². The summed E-state index contributed by atoms with van der Waals surface area (Å²) in [5.41, 5.74) is 1.32. The molecule has 2 heterocycles. The highest BCUT2D eigenvalue weighted by Gasteiger charge is 2.16. The zero-order valence-electron chi connectivity index (χ0n) is 10.9. The van der Waals surface area contributed by atoms with Crippen LogP contribution in [0.3, 0.4) is 0 Å². The summed E-state index contributed by atoms with van der Waals surface area (Å²) < 4.78 is 31.7. The summed E-state index contributed by atoms with van der Waals surface area (Å²) in [5, 5.41) is 2.67. The van der Waals surface area contributed by atoms with Crippen LogP contribution in [0, 0.1) is 6.92 Å². The molecule has 0 atom stereocenters. The molecule has 0 aliphatic heterocycles. The molecule has 9 heteroatoms. The zero-order chi connectivity index (χ0) is 15.0. The van der Waals surface area contributed by atoms with E-state index in [9.17, 15) is 13.2 Å². The van der Waals surface area contributed by atoms with Crippen molar-refractivity contribution < 1.29 is 12.8 Å². The van der Waals surface area contributed by atoms with E-state index in [0.717, 1.165) is 5.01 Å². The Hall–Kier alpha value is -1.97. The second kappa shape index (κ2) is 5.10. The minimum absolute atomic E-state index is 0.0321. The molecule has 0 aliphatic rings. The lowest BCUT2D eigenvalue weighted by Crippen LogP contribution is -2.23. The Bertz CT molecular complexity index is 952. The van der Waals surface area contributed by atoms with E-state index in [2.05, 4.69) is 14.7 Å². The first kappa shape index (κ1) is 14.0. The van der Waals surface area contributed by atoms with Gasteiger partial charge in [0.15, 0.2) is 5.58 Å². The molecule has 0 bridgehead atoms. The lowest BCUT2D eigenvalue weighted by Gasteiger charge is -2.05. The Balaban J connectivity index is 1.86. The van der Waals surface area contributed by atoms with Gasteiger partial charge in [0.2, 0.25) is 10.0 Å². The summed E-state index contributed by atoms with van der Waals surface area (Å²) in [4.78, 5) is 17.7. The molecule has 2 N–H and O–H groups in total. The summed E-state index contributed by atoms with van der Waals surface area (Å²) in [6, 6.07) is 4.20. The predicted molar refractivity (Wildman–Crippen MR) is 77.7 cm³/mol. The van der Waals surface area contributed by atoms with Crippen LogP contribution in [0.1, 0.15) is 10.7 Å². The van der Waals surface area contributed by atoms with Crippen LogP contribution in [0.4, 0.5) is 0 Å². The van der Waals surface area contributed by atoms with Gasteiger partial charge in [0.1, 0.15) is 0 Å².